The minimum absolute atomic E-state index is 0.0615. The van der Waals surface area contributed by atoms with Crippen LogP contribution < -0.4 is 0 Å². The first-order valence-electron chi connectivity index (χ1n) is 6.55. The molecule has 0 fully saturated rings. The molecule has 23 heavy (non-hydrogen) atoms. The summed E-state index contributed by atoms with van der Waals surface area (Å²) in [5.74, 6) is 0.160. The van der Waals surface area contributed by atoms with Crippen molar-refractivity contribution in [2.24, 2.45) is 0 Å². The Hall–Kier alpha value is -2.02. The zero-order valence-electron chi connectivity index (χ0n) is 11.4. The van der Waals surface area contributed by atoms with Gasteiger partial charge in [0.1, 0.15) is 10.8 Å². The van der Waals surface area contributed by atoms with Crippen molar-refractivity contribution in [2.45, 2.75) is 0 Å². The van der Waals surface area contributed by atoms with Gasteiger partial charge in [-0.1, -0.05) is 34.5 Å². The summed E-state index contributed by atoms with van der Waals surface area (Å²) in [6.07, 6.45) is 0. The normalized spacial score (nSPS) is 11.3. The van der Waals surface area contributed by atoms with Gasteiger partial charge in [0.25, 0.3) is 0 Å². The number of halogens is 3. The predicted molar refractivity (Wildman–Crippen MR) is 89.5 cm³/mol. The van der Waals surface area contributed by atoms with E-state index in [1.807, 2.05) is 12.1 Å². The lowest BCUT2D eigenvalue weighted by Crippen LogP contribution is -1.91. The van der Waals surface area contributed by atoms with Crippen LogP contribution in [0.2, 0.25) is 10.0 Å². The van der Waals surface area contributed by atoms with Crippen molar-refractivity contribution in [1.82, 2.24) is 19.8 Å². The standard InChI is InChI=1S/C15H7Cl2FN4S/c16-10-4-1-8(2-5-10)13-19-20-15-22(13)21-14(23-15)9-3-6-12(18)11(17)7-9/h1-7H. The van der Waals surface area contributed by atoms with E-state index in [1.165, 1.54) is 17.4 Å². The van der Waals surface area contributed by atoms with Gasteiger partial charge in [-0.15, -0.1) is 10.2 Å². The van der Waals surface area contributed by atoms with Gasteiger partial charge in [-0.3, -0.25) is 0 Å². The number of hydrogen-bond acceptors (Lipinski definition) is 4. The van der Waals surface area contributed by atoms with Crippen molar-refractivity contribution in [3.63, 3.8) is 0 Å². The smallest absolute Gasteiger partial charge is 0.205 e. The van der Waals surface area contributed by atoms with Crippen LogP contribution in [0.15, 0.2) is 42.5 Å². The topological polar surface area (TPSA) is 43.1 Å². The van der Waals surface area contributed by atoms with Gasteiger partial charge in [-0.2, -0.15) is 9.61 Å². The molecular weight excluding hydrogens is 358 g/mol. The van der Waals surface area contributed by atoms with Crippen LogP contribution >= 0.6 is 34.5 Å². The van der Waals surface area contributed by atoms with E-state index in [-0.39, 0.29) is 5.02 Å². The van der Waals surface area contributed by atoms with E-state index in [1.54, 1.807) is 28.8 Å². The molecule has 0 aliphatic carbocycles. The lowest BCUT2D eigenvalue weighted by Gasteiger charge is -1.98. The average Bonchev–Trinajstić information content (AvgIpc) is 3.11. The molecule has 2 aromatic carbocycles. The molecule has 0 spiro atoms. The highest BCUT2D eigenvalue weighted by molar-refractivity contribution is 7.19. The van der Waals surface area contributed by atoms with E-state index in [0.717, 1.165) is 11.1 Å². The van der Waals surface area contributed by atoms with Crippen molar-refractivity contribution in [1.29, 1.82) is 0 Å². The van der Waals surface area contributed by atoms with Gasteiger partial charge in [-0.05, 0) is 42.5 Å². The van der Waals surface area contributed by atoms with Gasteiger partial charge < -0.3 is 0 Å². The molecule has 0 radical (unpaired) electrons. The molecule has 4 rings (SSSR count). The summed E-state index contributed by atoms with van der Waals surface area (Å²) < 4.78 is 14.9. The van der Waals surface area contributed by atoms with Crippen LogP contribution in [0.25, 0.3) is 26.9 Å². The fraction of sp³-hybridized carbons (Fsp3) is 0. The third kappa shape index (κ3) is 2.59. The molecule has 2 heterocycles. The summed E-state index contributed by atoms with van der Waals surface area (Å²) in [5.41, 5.74) is 1.59. The highest BCUT2D eigenvalue weighted by Crippen LogP contribution is 2.30. The van der Waals surface area contributed by atoms with Gasteiger partial charge >= 0.3 is 0 Å². The molecule has 0 aliphatic rings. The van der Waals surface area contributed by atoms with Crippen LogP contribution in [0.5, 0.6) is 0 Å². The Morgan fingerprint density at radius 3 is 2.43 bits per heavy atom. The molecular formula is C15H7Cl2FN4S. The molecule has 0 atom stereocenters. The maximum absolute atomic E-state index is 13.3. The van der Waals surface area contributed by atoms with E-state index < -0.39 is 5.82 Å². The monoisotopic (exact) mass is 364 g/mol. The van der Waals surface area contributed by atoms with Crippen molar-refractivity contribution in [3.05, 3.63) is 58.3 Å². The quantitative estimate of drug-likeness (QED) is 0.504. The van der Waals surface area contributed by atoms with Crippen molar-refractivity contribution in [2.75, 3.05) is 0 Å². The number of fused-ring (bicyclic) bond motifs is 1. The van der Waals surface area contributed by atoms with Crippen molar-refractivity contribution < 1.29 is 4.39 Å². The summed E-state index contributed by atoms with van der Waals surface area (Å²) in [5, 5.41) is 14.2. The Kier molecular flexibility index (Phi) is 3.52. The minimum atomic E-state index is -0.458. The molecule has 4 nitrogen and oxygen atoms in total. The minimum Gasteiger partial charge on any atom is -0.205 e. The van der Waals surface area contributed by atoms with Crippen LogP contribution in [0, 0.1) is 5.82 Å². The summed E-state index contributed by atoms with van der Waals surface area (Å²) in [4.78, 5) is 0.644. The van der Waals surface area contributed by atoms with Crippen LogP contribution in [0.1, 0.15) is 0 Å². The SMILES string of the molecule is Fc1ccc(-c2nn3c(-c4ccc(Cl)cc4)nnc3s2)cc1Cl. The molecule has 0 amide bonds. The van der Waals surface area contributed by atoms with Gasteiger partial charge in [0.15, 0.2) is 5.82 Å². The van der Waals surface area contributed by atoms with E-state index in [9.17, 15) is 4.39 Å². The zero-order chi connectivity index (χ0) is 16.0. The molecule has 8 heteroatoms. The molecule has 0 bridgehead atoms. The second-order valence-electron chi connectivity index (χ2n) is 4.76. The van der Waals surface area contributed by atoms with Gasteiger partial charge in [-0.25, -0.2) is 4.39 Å². The third-order valence-electron chi connectivity index (χ3n) is 3.26. The van der Waals surface area contributed by atoms with E-state index in [2.05, 4.69) is 15.3 Å². The second kappa shape index (κ2) is 5.56. The van der Waals surface area contributed by atoms with Crippen LogP contribution in [-0.4, -0.2) is 19.8 Å². The molecule has 4 aromatic rings. The Morgan fingerprint density at radius 2 is 1.70 bits per heavy atom. The first-order valence-corrected chi connectivity index (χ1v) is 8.13. The lowest BCUT2D eigenvalue weighted by atomic mass is 10.2. The number of nitrogens with zero attached hydrogens (tertiary/aromatic N) is 4. The summed E-state index contributed by atoms with van der Waals surface area (Å²) in [6, 6.07) is 11.8. The molecule has 0 N–H and O–H groups in total. The third-order valence-corrected chi connectivity index (χ3v) is 4.75. The number of benzene rings is 2. The molecule has 0 unspecified atom stereocenters. The number of aromatic nitrogens is 4. The first-order chi connectivity index (χ1) is 11.1. The Balaban J connectivity index is 1.82. The van der Waals surface area contributed by atoms with E-state index in [0.29, 0.717) is 20.8 Å². The number of hydrogen-bond donors (Lipinski definition) is 0. The lowest BCUT2D eigenvalue weighted by molar-refractivity contribution is 0.628. The second-order valence-corrected chi connectivity index (χ2v) is 6.56. The molecule has 0 saturated heterocycles. The Bertz CT molecular complexity index is 1010. The van der Waals surface area contributed by atoms with Gasteiger partial charge in [0, 0.05) is 16.1 Å². The maximum atomic E-state index is 13.3. The Morgan fingerprint density at radius 1 is 0.957 bits per heavy atom. The summed E-state index contributed by atoms with van der Waals surface area (Å²) in [7, 11) is 0. The fourth-order valence-electron chi connectivity index (χ4n) is 2.14. The molecule has 0 aliphatic heterocycles. The van der Waals surface area contributed by atoms with E-state index >= 15 is 0 Å². The van der Waals surface area contributed by atoms with Crippen molar-refractivity contribution in [3.8, 4) is 22.0 Å². The fourth-order valence-corrected chi connectivity index (χ4v) is 3.28. The van der Waals surface area contributed by atoms with Gasteiger partial charge in [0.2, 0.25) is 4.96 Å². The van der Waals surface area contributed by atoms with Crippen LogP contribution in [0.3, 0.4) is 0 Å². The largest absolute Gasteiger partial charge is 0.235 e. The summed E-state index contributed by atoms with van der Waals surface area (Å²) in [6.45, 7) is 0. The average molecular weight is 365 g/mol. The number of rotatable bonds is 2. The Labute approximate surface area is 144 Å². The molecule has 0 saturated carbocycles. The van der Waals surface area contributed by atoms with Crippen LogP contribution in [0.4, 0.5) is 4.39 Å². The summed E-state index contributed by atoms with van der Waals surface area (Å²) >= 11 is 13.1. The van der Waals surface area contributed by atoms with Gasteiger partial charge in [0.05, 0.1) is 5.02 Å². The van der Waals surface area contributed by atoms with Crippen LogP contribution in [-0.2, 0) is 0 Å². The molecule has 114 valence electrons. The highest BCUT2D eigenvalue weighted by atomic mass is 35.5. The van der Waals surface area contributed by atoms with Crippen molar-refractivity contribution >= 4 is 39.5 Å². The first kappa shape index (κ1) is 14.6. The highest BCUT2D eigenvalue weighted by Gasteiger charge is 2.15. The molecule has 2 aromatic heterocycles. The maximum Gasteiger partial charge on any atom is 0.235 e. The van der Waals surface area contributed by atoms with E-state index in [4.69, 9.17) is 23.2 Å². The zero-order valence-corrected chi connectivity index (χ0v) is 13.7. The predicted octanol–water partition coefficient (Wildman–Crippen LogP) is 4.97.